The maximum absolute atomic E-state index is 11.4. The molecule has 0 saturated heterocycles. The van der Waals surface area contributed by atoms with Crippen molar-refractivity contribution in [1.82, 2.24) is 4.98 Å². The van der Waals surface area contributed by atoms with E-state index in [2.05, 4.69) is 15.5 Å². The molecule has 2 rings (SSSR count). The van der Waals surface area contributed by atoms with Crippen LogP contribution in [0.4, 0.5) is 5.13 Å². The van der Waals surface area contributed by atoms with E-state index in [1.807, 2.05) is 24.4 Å². The molecule has 1 N–H and O–H groups in total. The third kappa shape index (κ3) is 3.64. The van der Waals surface area contributed by atoms with Crippen LogP contribution in [0.15, 0.2) is 34.2 Å². The predicted molar refractivity (Wildman–Crippen MR) is 73.2 cm³/mol. The molecule has 0 aliphatic carbocycles. The summed E-state index contributed by atoms with van der Waals surface area (Å²) < 4.78 is 0. The minimum atomic E-state index is -0.271. The van der Waals surface area contributed by atoms with Gasteiger partial charge in [-0.2, -0.15) is 0 Å². The molecule has 2 aromatic heterocycles. The van der Waals surface area contributed by atoms with Crippen LogP contribution in [0.3, 0.4) is 0 Å². The van der Waals surface area contributed by atoms with Gasteiger partial charge in [0, 0.05) is 11.6 Å². The average molecular weight is 281 g/mol. The molecule has 94 valence electrons. The fraction of sp³-hybridized carbons (Fsp3) is 0.182. The van der Waals surface area contributed by atoms with E-state index in [1.54, 1.807) is 22.9 Å². The van der Waals surface area contributed by atoms with Gasteiger partial charge in [0.05, 0.1) is 10.6 Å². The number of hydrogen-bond donors (Lipinski definition) is 1. The normalized spacial score (nSPS) is 11.3. The Bertz CT molecular complexity index is 520. The molecule has 5 nitrogen and oxygen atoms in total. The summed E-state index contributed by atoms with van der Waals surface area (Å²) in [5.41, 5.74) is 0.757. The van der Waals surface area contributed by atoms with Crippen LogP contribution in [0.1, 0.15) is 11.8 Å². The van der Waals surface area contributed by atoms with Crippen LogP contribution >= 0.6 is 22.7 Å². The van der Waals surface area contributed by atoms with Crippen LogP contribution in [0.25, 0.3) is 0 Å². The second-order valence-electron chi connectivity index (χ2n) is 3.31. The number of hydrogen-bond acceptors (Lipinski definition) is 6. The van der Waals surface area contributed by atoms with Gasteiger partial charge in [0.15, 0.2) is 11.7 Å². The highest BCUT2D eigenvalue weighted by atomic mass is 32.1. The topological polar surface area (TPSA) is 63.6 Å². The van der Waals surface area contributed by atoms with E-state index >= 15 is 0 Å². The Kier molecular flexibility index (Phi) is 4.43. The summed E-state index contributed by atoms with van der Waals surface area (Å²) in [6.07, 6.45) is 1.63. The molecule has 0 bridgehead atoms. The van der Waals surface area contributed by atoms with E-state index < -0.39 is 0 Å². The summed E-state index contributed by atoms with van der Waals surface area (Å²) in [6.45, 7) is 1.72. The van der Waals surface area contributed by atoms with Crippen molar-refractivity contribution < 1.29 is 9.63 Å². The van der Waals surface area contributed by atoms with Gasteiger partial charge in [-0.15, -0.1) is 22.7 Å². The lowest BCUT2D eigenvalue weighted by atomic mass is 10.3. The first-order valence-electron chi connectivity index (χ1n) is 5.15. The number of carbonyl (C=O) groups excluding carboxylic acids is 1. The van der Waals surface area contributed by atoms with Crippen molar-refractivity contribution in [1.29, 1.82) is 0 Å². The third-order valence-electron chi connectivity index (χ3n) is 1.95. The Morgan fingerprint density at radius 3 is 3.06 bits per heavy atom. The minimum Gasteiger partial charge on any atom is -0.385 e. The number of oxime groups is 1. The number of thiophene rings is 1. The molecule has 2 heterocycles. The van der Waals surface area contributed by atoms with Crippen LogP contribution < -0.4 is 5.32 Å². The molecule has 0 saturated carbocycles. The number of aromatic nitrogens is 1. The largest absolute Gasteiger partial charge is 0.385 e. The van der Waals surface area contributed by atoms with Gasteiger partial charge in [0.25, 0.3) is 5.91 Å². The maximum atomic E-state index is 11.4. The Morgan fingerprint density at radius 2 is 2.39 bits per heavy atom. The van der Waals surface area contributed by atoms with Crippen molar-refractivity contribution in [3.63, 3.8) is 0 Å². The lowest BCUT2D eigenvalue weighted by molar-refractivity contribution is -0.120. The fourth-order valence-corrected chi connectivity index (χ4v) is 2.37. The number of rotatable bonds is 5. The Hall–Kier alpha value is -1.73. The van der Waals surface area contributed by atoms with Gasteiger partial charge in [0.1, 0.15) is 0 Å². The van der Waals surface area contributed by atoms with Crippen molar-refractivity contribution in [2.75, 3.05) is 11.9 Å². The van der Waals surface area contributed by atoms with E-state index in [4.69, 9.17) is 4.84 Å². The molecule has 1 amide bonds. The summed E-state index contributed by atoms with van der Waals surface area (Å²) in [5, 5.41) is 10.8. The molecule has 0 aromatic carbocycles. The van der Waals surface area contributed by atoms with Gasteiger partial charge >= 0.3 is 0 Å². The number of anilines is 1. The van der Waals surface area contributed by atoms with Gasteiger partial charge in [-0.3, -0.25) is 10.1 Å². The van der Waals surface area contributed by atoms with Gasteiger partial charge in [0.2, 0.25) is 0 Å². The molecule has 0 aliphatic heterocycles. The van der Waals surface area contributed by atoms with E-state index in [9.17, 15) is 4.79 Å². The monoisotopic (exact) mass is 281 g/mol. The summed E-state index contributed by atoms with van der Waals surface area (Å²) in [5.74, 6) is -0.271. The van der Waals surface area contributed by atoms with Crippen LogP contribution in [0, 0.1) is 0 Å². The first-order chi connectivity index (χ1) is 8.75. The van der Waals surface area contributed by atoms with Crippen molar-refractivity contribution in [3.05, 3.63) is 34.0 Å². The zero-order valence-electron chi connectivity index (χ0n) is 9.62. The Balaban J connectivity index is 1.78. The SMILES string of the molecule is C/C(=N\OCC(=O)Nc1nccs1)c1cccs1. The molecule has 0 spiro atoms. The number of thiazole rings is 1. The number of nitrogens with one attached hydrogen (secondary N) is 1. The molecular formula is C11H11N3O2S2. The Morgan fingerprint density at radius 1 is 1.50 bits per heavy atom. The van der Waals surface area contributed by atoms with Gasteiger partial charge in [-0.05, 0) is 18.4 Å². The second-order valence-corrected chi connectivity index (χ2v) is 5.16. The second kappa shape index (κ2) is 6.27. The molecule has 0 unspecified atom stereocenters. The lowest BCUT2D eigenvalue weighted by Crippen LogP contribution is -2.17. The number of amides is 1. The highest BCUT2D eigenvalue weighted by Gasteiger charge is 2.04. The Labute approximate surface area is 112 Å². The van der Waals surface area contributed by atoms with Crippen molar-refractivity contribution >= 4 is 39.4 Å². The standard InChI is InChI=1S/C11H11N3O2S2/c1-8(9-3-2-5-17-9)14-16-7-10(15)13-11-12-4-6-18-11/h2-6H,7H2,1H3,(H,12,13,15)/b14-8+. The third-order valence-corrected chi connectivity index (χ3v) is 3.62. The zero-order valence-corrected chi connectivity index (χ0v) is 11.3. The predicted octanol–water partition coefficient (Wildman–Crippen LogP) is 2.58. The molecular weight excluding hydrogens is 270 g/mol. The van der Waals surface area contributed by atoms with Gasteiger partial charge < -0.3 is 4.84 Å². The van der Waals surface area contributed by atoms with Crippen LogP contribution in [-0.2, 0) is 9.63 Å². The summed E-state index contributed by atoms with van der Waals surface area (Å²) >= 11 is 2.93. The molecule has 18 heavy (non-hydrogen) atoms. The first-order valence-corrected chi connectivity index (χ1v) is 6.91. The molecule has 7 heteroatoms. The van der Waals surface area contributed by atoms with Crippen LogP contribution in [-0.4, -0.2) is 23.2 Å². The molecule has 0 atom stereocenters. The number of nitrogens with zero attached hydrogens (tertiary/aromatic N) is 2. The van der Waals surface area contributed by atoms with E-state index in [0.29, 0.717) is 5.13 Å². The first kappa shape index (κ1) is 12.7. The highest BCUT2D eigenvalue weighted by Crippen LogP contribution is 2.11. The van der Waals surface area contributed by atoms with Crippen molar-refractivity contribution in [2.24, 2.45) is 5.16 Å². The average Bonchev–Trinajstić information content (AvgIpc) is 3.00. The summed E-state index contributed by atoms with van der Waals surface area (Å²) in [7, 11) is 0. The van der Waals surface area contributed by atoms with Crippen molar-refractivity contribution in [3.8, 4) is 0 Å². The molecule has 0 aliphatic rings. The van der Waals surface area contributed by atoms with E-state index in [1.165, 1.54) is 11.3 Å². The zero-order chi connectivity index (χ0) is 12.8. The van der Waals surface area contributed by atoms with Crippen LogP contribution in [0.2, 0.25) is 0 Å². The molecule has 0 radical (unpaired) electrons. The van der Waals surface area contributed by atoms with Crippen molar-refractivity contribution in [2.45, 2.75) is 6.92 Å². The smallest absolute Gasteiger partial charge is 0.266 e. The molecule has 2 aromatic rings. The lowest BCUT2D eigenvalue weighted by Gasteiger charge is -2.01. The quantitative estimate of drug-likeness (QED) is 0.676. The summed E-state index contributed by atoms with van der Waals surface area (Å²) in [4.78, 5) is 21.4. The van der Waals surface area contributed by atoms with E-state index in [-0.39, 0.29) is 12.5 Å². The minimum absolute atomic E-state index is 0.123. The van der Waals surface area contributed by atoms with Crippen LogP contribution in [0.5, 0.6) is 0 Å². The van der Waals surface area contributed by atoms with Gasteiger partial charge in [-0.25, -0.2) is 4.98 Å². The summed E-state index contributed by atoms with van der Waals surface area (Å²) in [6, 6.07) is 3.89. The number of carbonyl (C=O) groups is 1. The highest BCUT2D eigenvalue weighted by molar-refractivity contribution is 7.13. The maximum Gasteiger partial charge on any atom is 0.266 e. The van der Waals surface area contributed by atoms with Gasteiger partial charge in [-0.1, -0.05) is 11.2 Å². The fourth-order valence-electron chi connectivity index (χ4n) is 1.16. The molecule has 0 fully saturated rings. The van der Waals surface area contributed by atoms with E-state index in [0.717, 1.165) is 10.6 Å².